The van der Waals surface area contributed by atoms with E-state index in [0.717, 1.165) is 16.7 Å². The number of nitrogens with one attached hydrogen (secondary N) is 1. The topological polar surface area (TPSA) is 75.6 Å². The Morgan fingerprint density at radius 2 is 1.62 bits per heavy atom. The number of phenols is 1. The maximum atomic E-state index is 12.2. The molecule has 126 valence electrons. The molecule has 0 unspecified atom stereocenters. The Kier molecular flexibility index (Phi) is 5.95. The Labute approximate surface area is 141 Å². The van der Waals surface area contributed by atoms with Gasteiger partial charge in [-0.1, -0.05) is 42.0 Å². The summed E-state index contributed by atoms with van der Waals surface area (Å²) in [5, 5.41) is 12.0. The summed E-state index contributed by atoms with van der Waals surface area (Å²) in [4.78, 5) is 24.1. The molecule has 0 aliphatic heterocycles. The molecule has 0 spiro atoms. The molecule has 0 aliphatic carbocycles. The summed E-state index contributed by atoms with van der Waals surface area (Å²) in [5.41, 5.74) is 2.82. The molecule has 0 aromatic heterocycles. The van der Waals surface area contributed by atoms with Gasteiger partial charge >= 0.3 is 5.97 Å². The largest absolute Gasteiger partial charge is 0.508 e. The minimum Gasteiger partial charge on any atom is -0.508 e. The van der Waals surface area contributed by atoms with Crippen molar-refractivity contribution in [3.63, 3.8) is 0 Å². The van der Waals surface area contributed by atoms with E-state index >= 15 is 0 Å². The lowest BCUT2D eigenvalue weighted by Gasteiger charge is -2.17. The summed E-state index contributed by atoms with van der Waals surface area (Å²) >= 11 is 0. The lowest BCUT2D eigenvalue weighted by atomic mass is 10.0. The average molecular weight is 327 g/mol. The number of amides is 1. The van der Waals surface area contributed by atoms with Crippen molar-refractivity contribution in [1.29, 1.82) is 0 Å². The van der Waals surface area contributed by atoms with Crippen LogP contribution in [-0.4, -0.2) is 30.1 Å². The van der Waals surface area contributed by atoms with E-state index in [-0.39, 0.29) is 18.1 Å². The number of benzene rings is 2. The van der Waals surface area contributed by atoms with Gasteiger partial charge in [-0.3, -0.25) is 4.79 Å². The summed E-state index contributed by atoms with van der Waals surface area (Å²) in [5.74, 6) is -0.592. The average Bonchev–Trinajstić information content (AvgIpc) is 2.57. The highest BCUT2D eigenvalue weighted by Crippen LogP contribution is 2.12. The van der Waals surface area contributed by atoms with E-state index < -0.39 is 12.0 Å². The molecule has 1 amide bonds. The highest BCUT2D eigenvalue weighted by atomic mass is 16.5. The van der Waals surface area contributed by atoms with E-state index in [4.69, 9.17) is 4.74 Å². The zero-order chi connectivity index (χ0) is 17.5. The van der Waals surface area contributed by atoms with Crippen molar-refractivity contribution >= 4 is 11.9 Å². The van der Waals surface area contributed by atoms with Crippen molar-refractivity contribution in [1.82, 2.24) is 5.32 Å². The SMILES string of the molecule is COC(=O)[C@H](Cc1ccc(O)cc1)NC(=O)Cc1ccc(C)cc1. The first-order chi connectivity index (χ1) is 11.5. The van der Waals surface area contributed by atoms with Gasteiger partial charge < -0.3 is 15.2 Å². The zero-order valence-corrected chi connectivity index (χ0v) is 13.8. The van der Waals surface area contributed by atoms with Crippen LogP contribution in [0, 0.1) is 6.92 Å². The second-order valence-electron chi connectivity index (χ2n) is 5.68. The van der Waals surface area contributed by atoms with Crippen LogP contribution in [0.2, 0.25) is 0 Å². The Bertz CT molecular complexity index is 692. The second kappa shape index (κ2) is 8.15. The third-order valence-corrected chi connectivity index (χ3v) is 3.68. The predicted molar refractivity (Wildman–Crippen MR) is 90.6 cm³/mol. The zero-order valence-electron chi connectivity index (χ0n) is 13.8. The van der Waals surface area contributed by atoms with Crippen LogP contribution in [0.3, 0.4) is 0 Å². The van der Waals surface area contributed by atoms with E-state index in [9.17, 15) is 14.7 Å². The van der Waals surface area contributed by atoms with Crippen LogP contribution in [0.1, 0.15) is 16.7 Å². The number of hydrogen-bond acceptors (Lipinski definition) is 4. The van der Waals surface area contributed by atoms with Crippen molar-refractivity contribution in [2.24, 2.45) is 0 Å². The van der Waals surface area contributed by atoms with Gasteiger partial charge in [0.15, 0.2) is 0 Å². The van der Waals surface area contributed by atoms with Crippen LogP contribution >= 0.6 is 0 Å². The molecule has 5 nitrogen and oxygen atoms in total. The van der Waals surface area contributed by atoms with Gasteiger partial charge in [0.1, 0.15) is 11.8 Å². The summed E-state index contributed by atoms with van der Waals surface area (Å²) in [7, 11) is 1.29. The van der Waals surface area contributed by atoms with E-state index in [0.29, 0.717) is 6.42 Å². The van der Waals surface area contributed by atoms with Crippen LogP contribution in [0.5, 0.6) is 5.75 Å². The molecule has 2 N–H and O–H groups in total. The molecule has 0 heterocycles. The molecule has 5 heteroatoms. The first-order valence-electron chi connectivity index (χ1n) is 7.68. The van der Waals surface area contributed by atoms with Gasteiger partial charge in [-0.05, 0) is 30.2 Å². The number of methoxy groups -OCH3 is 1. The van der Waals surface area contributed by atoms with Gasteiger partial charge in [-0.15, -0.1) is 0 Å². The minimum atomic E-state index is -0.766. The van der Waals surface area contributed by atoms with Crippen molar-refractivity contribution in [3.05, 3.63) is 65.2 Å². The number of rotatable bonds is 6. The Hall–Kier alpha value is -2.82. The number of aryl methyl sites for hydroxylation is 1. The second-order valence-corrected chi connectivity index (χ2v) is 5.68. The van der Waals surface area contributed by atoms with Gasteiger partial charge in [0.2, 0.25) is 5.91 Å². The summed E-state index contributed by atoms with van der Waals surface area (Å²) in [6.07, 6.45) is 0.496. The van der Waals surface area contributed by atoms with Gasteiger partial charge in [0.05, 0.1) is 13.5 Å². The third-order valence-electron chi connectivity index (χ3n) is 3.68. The molecule has 0 radical (unpaired) electrons. The first kappa shape index (κ1) is 17.5. The molecule has 2 aromatic rings. The first-order valence-corrected chi connectivity index (χ1v) is 7.68. The van der Waals surface area contributed by atoms with Gasteiger partial charge in [0, 0.05) is 6.42 Å². The number of carbonyl (C=O) groups is 2. The van der Waals surface area contributed by atoms with Crippen LogP contribution in [0.4, 0.5) is 0 Å². The molecule has 0 bridgehead atoms. The Morgan fingerprint density at radius 1 is 1.04 bits per heavy atom. The number of hydrogen-bond donors (Lipinski definition) is 2. The maximum Gasteiger partial charge on any atom is 0.328 e. The number of carbonyl (C=O) groups excluding carboxylic acids is 2. The van der Waals surface area contributed by atoms with Crippen LogP contribution in [-0.2, 0) is 27.2 Å². The van der Waals surface area contributed by atoms with Gasteiger partial charge in [-0.25, -0.2) is 4.79 Å². The fraction of sp³-hybridized carbons (Fsp3) is 0.263. The number of esters is 1. The fourth-order valence-electron chi connectivity index (χ4n) is 2.34. The lowest BCUT2D eigenvalue weighted by Crippen LogP contribution is -2.43. The van der Waals surface area contributed by atoms with Crippen LogP contribution in [0.25, 0.3) is 0 Å². The molecule has 0 saturated carbocycles. The van der Waals surface area contributed by atoms with Crippen molar-refractivity contribution < 1.29 is 19.4 Å². The molecule has 0 fully saturated rings. The van der Waals surface area contributed by atoms with Crippen LogP contribution < -0.4 is 5.32 Å². The fourth-order valence-corrected chi connectivity index (χ4v) is 2.34. The molecule has 0 saturated heterocycles. The van der Waals surface area contributed by atoms with Crippen molar-refractivity contribution in [3.8, 4) is 5.75 Å². The van der Waals surface area contributed by atoms with Crippen molar-refractivity contribution in [2.45, 2.75) is 25.8 Å². The van der Waals surface area contributed by atoms with Crippen LogP contribution in [0.15, 0.2) is 48.5 Å². The molecule has 1 atom stereocenters. The quantitative estimate of drug-likeness (QED) is 0.797. The molecular formula is C19H21NO4. The number of phenolic OH excluding ortho intramolecular Hbond substituents is 1. The molecule has 2 aromatic carbocycles. The molecule has 24 heavy (non-hydrogen) atoms. The Morgan fingerprint density at radius 3 is 2.21 bits per heavy atom. The molecule has 0 aliphatic rings. The van der Waals surface area contributed by atoms with E-state index in [2.05, 4.69) is 5.32 Å². The molecule has 2 rings (SSSR count). The van der Waals surface area contributed by atoms with Crippen molar-refractivity contribution in [2.75, 3.05) is 7.11 Å². The Balaban J connectivity index is 2.02. The van der Waals surface area contributed by atoms with Gasteiger partial charge in [-0.2, -0.15) is 0 Å². The maximum absolute atomic E-state index is 12.2. The monoisotopic (exact) mass is 327 g/mol. The smallest absolute Gasteiger partial charge is 0.328 e. The van der Waals surface area contributed by atoms with E-state index in [1.165, 1.54) is 19.2 Å². The lowest BCUT2D eigenvalue weighted by molar-refractivity contribution is -0.145. The minimum absolute atomic E-state index is 0.150. The summed E-state index contributed by atoms with van der Waals surface area (Å²) in [6, 6.07) is 13.4. The highest BCUT2D eigenvalue weighted by Gasteiger charge is 2.22. The normalized spacial score (nSPS) is 11.6. The predicted octanol–water partition coefficient (Wildman–Crippen LogP) is 2.14. The van der Waals surface area contributed by atoms with E-state index in [1.807, 2.05) is 31.2 Å². The standard InChI is InChI=1S/C19H21NO4/c1-13-3-5-15(6-4-13)12-18(22)20-17(19(23)24-2)11-14-7-9-16(21)10-8-14/h3-10,17,21H,11-12H2,1-2H3,(H,20,22)/t17-/m0/s1. The van der Waals surface area contributed by atoms with Gasteiger partial charge in [0.25, 0.3) is 0 Å². The van der Waals surface area contributed by atoms with E-state index in [1.54, 1.807) is 12.1 Å². The highest BCUT2D eigenvalue weighted by molar-refractivity contribution is 5.85. The number of aromatic hydroxyl groups is 1. The third kappa shape index (κ3) is 5.12. The summed E-state index contributed by atoms with van der Waals surface area (Å²) in [6.45, 7) is 1.98. The number of ether oxygens (including phenoxy) is 1. The summed E-state index contributed by atoms with van der Waals surface area (Å²) < 4.78 is 4.77. The molecular weight excluding hydrogens is 306 g/mol.